The van der Waals surface area contributed by atoms with Crippen LogP contribution in [0.4, 0.5) is 0 Å². The van der Waals surface area contributed by atoms with Crippen LogP contribution in [0.3, 0.4) is 0 Å². The van der Waals surface area contributed by atoms with Crippen LogP contribution in [0, 0.1) is 19.8 Å². The fourth-order valence-electron chi connectivity index (χ4n) is 2.03. The molecule has 0 bridgehead atoms. The zero-order valence-corrected chi connectivity index (χ0v) is 10.6. The maximum atomic E-state index is 10.3. The number of hydrogen-bond donors (Lipinski definition) is 2. The highest BCUT2D eigenvalue weighted by atomic mass is 16.5. The van der Waals surface area contributed by atoms with E-state index in [1.165, 1.54) is 0 Å². The first-order chi connectivity index (χ1) is 8.05. The van der Waals surface area contributed by atoms with Crippen molar-refractivity contribution in [3.63, 3.8) is 0 Å². The molecule has 0 radical (unpaired) electrons. The van der Waals surface area contributed by atoms with E-state index in [4.69, 9.17) is 10.5 Å². The molecule has 0 spiro atoms. The van der Waals surface area contributed by atoms with Crippen molar-refractivity contribution in [2.75, 3.05) is 13.2 Å². The lowest BCUT2D eigenvalue weighted by Crippen LogP contribution is -2.45. The van der Waals surface area contributed by atoms with Gasteiger partial charge in [0.15, 0.2) is 0 Å². The summed E-state index contributed by atoms with van der Waals surface area (Å²) in [7, 11) is 0. The van der Waals surface area contributed by atoms with Gasteiger partial charge >= 0.3 is 0 Å². The highest BCUT2D eigenvalue weighted by molar-refractivity contribution is 5.36. The van der Waals surface area contributed by atoms with Gasteiger partial charge in [-0.15, -0.1) is 0 Å². The quantitative estimate of drug-likeness (QED) is 0.818. The summed E-state index contributed by atoms with van der Waals surface area (Å²) in [5, 5.41) is 10.3. The number of benzene rings is 1. The lowest BCUT2D eigenvalue weighted by atomic mass is 9.99. The summed E-state index contributed by atoms with van der Waals surface area (Å²) >= 11 is 0. The molecular weight excluding hydrogens is 214 g/mol. The monoisotopic (exact) mass is 235 g/mol. The second kappa shape index (κ2) is 4.67. The Morgan fingerprint density at radius 1 is 1.41 bits per heavy atom. The van der Waals surface area contributed by atoms with E-state index < -0.39 is 5.60 Å². The molecule has 17 heavy (non-hydrogen) atoms. The highest BCUT2D eigenvalue weighted by Crippen LogP contribution is 2.39. The van der Waals surface area contributed by atoms with Gasteiger partial charge in [0.2, 0.25) is 0 Å². The minimum absolute atomic E-state index is 0.266. The van der Waals surface area contributed by atoms with Crippen molar-refractivity contribution in [2.45, 2.75) is 32.3 Å². The van der Waals surface area contributed by atoms with Gasteiger partial charge in [0.25, 0.3) is 0 Å². The van der Waals surface area contributed by atoms with Crippen molar-refractivity contribution in [2.24, 2.45) is 11.7 Å². The Morgan fingerprint density at radius 2 is 2.12 bits per heavy atom. The number of aliphatic hydroxyl groups is 1. The zero-order chi connectivity index (χ0) is 12.5. The molecule has 94 valence electrons. The molecule has 1 unspecified atom stereocenters. The van der Waals surface area contributed by atoms with E-state index in [1.54, 1.807) is 0 Å². The fraction of sp³-hybridized carbons (Fsp3) is 0.571. The maximum absolute atomic E-state index is 10.3. The van der Waals surface area contributed by atoms with Crippen molar-refractivity contribution in [1.82, 2.24) is 0 Å². The third-order valence-corrected chi connectivity index (χ3v) is 3.51. The Bertz CT molecular complexity index is 401. The predicted molar refractivity (Wildman–Crippen MR) is 68.1 cm³/mol. The van der Waals surface area contributed by atoms with Crippen molar-refractivity contribution >= 4 is 0 Å². The van der Waals surface area contributed by atoms with Crippen LogP contribution in [0.5, 0.6) is 5.75 Å². The third-order valence-electron chi connectivity index (χ3n) is 3.51. The summed E-state index contributed by atoms with van der Waals surface area (Å²) in [6.07, 6.45) is 2.12. The van der Waals surface area contributed by atoms with Crippen LogP contribution in [0.15, 0.2) is 18.2 Å². The highest BCUT2D eigenvalue weighted by Gasteiger charge is 2.43. The second-order valence-electron chi connectivity index (χ2n) is 5.14. The van der Waals surface area contributed by atoms with Crippen LogP contribution < -0.4 is 10.5 Å². The topological polar surface area (TPSA) is 55.5 Å². The summed E-state index contributed by atoms with van der Waals surface area (Å²) in [5.41, 5.74) is 7.05. The number of rotatable bonds is 5. The molecule has 0 saturated heterocycles. The molecule has 1 aromatic rings. The molecule has 1 saturated carbocycles. The molecular formula is C14H21NO2. The Kier molecular flexibility index (Phi) is 3.40. The van der Waals surface area contributed by atoms with Crippen LogP contribution in [0.1, 0.15) is 24.0 Å². The predicted octanol–water partition coefficient (Wildman–Crippen LogP) is 1.78. The molecule has 0 amide bonds. The smallest absolute Gasteiger partial charge is 0.122 e. The van der Waals surface area contributed by atoms with E-state index in [0.717, 1.165) is 29.7 Å². The number of nitrogens with two attached hydrogens (primary N) is 1. The van der Waals surface area contributed by atoms with Crippen molar-refractivity contribution in [3.8, 4) is 5.75 Å². The van der Waals surface area contributed by atoms with Crippen LogP contribution in [-0.4, -0.2) is 23.9 Å². The molecule has 1 atom stereocenters. The lowest BCUT2D eigenvalue weighted by molar-refractivity contribution is -0.0164. The molecule has 3 nitrogen and oxygen atoms in total. The number of ether oxygens (including phenoxy) is 1. The molecule has 3 N–H and O–H groups in total. The van der Waals surface area contributed by atoms with Gasteiger partial charge in [0.1, 0.15) is 18.0 Å². The molecule has 1 fully saturated rings. The average molecular weight is 235 g/mol. The molecule has 0 aromatic heterocycles. The molecule has 1 aromatic carbocycles. The first-order valence-electron chi connectivity index (χ1n) is 6.17. The van der Waals surface area contributed by atoms with E-state index in [9.17, 15) is 5.11 Å². The van der Waals surface area contributed by atoms with E-state index >= 15 is 0 Å². The summed E-state index contributed by atoms with van der Waals surface area (Å²) < 4.78 is 5.74. The largest absolute Gasteiger partial charge is 0.490 e. The van der Waals surface area contributed by atoms with Crippen molar-refractivity contribution in [3.05, 3.63) is 29.3 Å². The summed E-state index contributed by atoms with van der Waals surface area (Å²) in [4.78, 5) is 0. The normalized spacial score (nSPS) is 18.8. The maximum Gasteiger partial charge on any atom is 0.122 e. The fourth-order valence-corrected chi connectivity index (χ4v) is 2.03. The van der Waals surface area contributed by atoms with Crippen LogP contribution in [0.2, 0.25) is 0 Å². The first kappa shape index (κ1) is 12.4. The van der Waals surface area contributed by atoms with Gasteiger partial charge in [-0.25, -0.2) is 0 Å². The molecule has 0 aliphatic heterocycles. The number of hydrogen-bond acceptors (Lipinski definition) is 3. The molecule has 0 heterocycles. The van der Waals surface area contributed by atoms with E-state index in [0.29, 0.717) is 12.5 Å². The minimum Gasteiger partial charge on any atom is -0.490 e. The van der Waals surface area contributed by atoms with Gasteiger partial charge < -0.3 is 15.6 Å². The van der Waals surface area contributed by atoms with Gasteiger partial charge in [-0.2, -0.15) is 0 Å². The summed E-state index contributed by atoms with van der Waals surface area (Å²) in [5.74, 6) is 1.16. The third kappa shape index (κ3) is 2.79. The Labute approximate surface area is 103 Å². The lowest BCUT2D eigenvalue weighted by Gasteiger charge is -2.26. The molecule has 3 heteroatoms. The number of aryl methyl sites for hydroxylation is 2. The van der Waals surface area contributed by atoms with Crippen LogP contribution >= 0.6 is 0 Å². The van der Waals surface area contributed by atoms with Gasteiger partial charge in [-0.05, 0) is 49.8 Å². The summed E-state index contributed by atoms with van der Waals surface area (Å²) in [6, 6.07) is 6.08. The SMILES string of the molecule is Cc1ccc(C)c(OCC(O)(CN)C2CC2)c1. The van der Waals surface area contributed by atoms with E-state index in [2.05, 4.69) is 6.07 Å². The molecule has 1 aliphatic carbocycles. The standard InChI is InChI=1S/C14H21NO2/c1-10-3-4-11(2)13(7-10)17-9-14(16,8-15)12-5-6-12/h3-4,7,12,16H,5-6,8-9,15H2,1-2H3. The Hall–Kier alpha value is -1.06. The van der Waals surface area contributed by atoms with Gasteiger partial charge in [0, 0.05) is 6.54 Å². The van der Waals surface area contributed by atoms with Gasteiger partial charge in [-0.1, -0.05) is 12.1 Å². The van der Waals surface area contributed by atoms with Gasteiger partial charge in [-0.3, -0.25) is 0 Å². The minimum atomic E-state index is -0.851. The van der Waals surface area contributed by atoms with Crippen molar-refractivity contribution in [1.29, 1.82) is 0 Å². The Balaban J connectivity index is 2.03. The zero-order valence-electron chi connectivity index (χ0n) is 10.6. The van der Waals surface area contributed by atoms with Crippen LogP contribution in [-0.2, 0) is 0 Å². The van der Waals surface area contributed by atoms with E-state index in [-0.39, 0.29) is 6.54 Å². The summed E-state index contributed by atoms with van der Waals surface area (Å²) in [6.45, 7) is 4.59. The molecule has 2 rings (SSSR count). The Morgan fingerprint density at radius 3 is 2.71 bits per heavy atom. The van der Waals surface area contributed by atoms with E-state index in [1.807, 2.05) is 26.0 Å². The molecule has 1 aliphatic rings. The average Bonchev–Trinajstić information content (AvgIpc) is 3.14. The van der Waals surface area contributed by atoms with Crippen LogP contribution in [0.25, 0.3) is 0 Å². The van der Waals surface area contributed by atoms with Crippen molar-refractivity contribution < 1.29 is 9.84 Å². The second-order valence-corrected chi connectivity index (χ2v) is 5.14. The first-order valence-corrected chi connectivity index (χ1v) is 6.17. The van der Waals surface area contributed by atoms with Gasteiger partial charge in [0.05, 0.1) is 0 Å².